The second-order valence-corrected chi connectivity index (χ2v) is 4.71. The predicted molar refractivity (Wildman–Crippen MR) is 69.6 cm³/mol. The lowest BCUT2D eigenvalue weighted by Crippen LogP contribution is -2.25. The predicted octanol–water partition coefficient (Wildman–Crippen LogP) is 2.04. The summed E-state index contributed by atoms with van der Waals surface area (Å²) >= 11 is 0. The molecular weight excluding hydrogens is 251 g/mol. The summed E-state index contributed by atoms with van der Waals surface area (Å²) in [6.45, 7) is 5.38. The molecular formula is C14H21FO4. The second kappa shape index (κ2) is 7.43. The maximum Gasteiger partial charge on any atom is 0.165 e. The smallest absolute Gasteiger partial charge is 0.165 e. The topological polar surface area (TPSA) is 58.9 Å². The van der Waals surface area contributed by atoms with Gasteiger partial charge in [-0.1, -0.05) is 6.07 Å². The minimum atomic E-state index is -0.807. The Bertz CT molecular complexity index is 393. The van der Waals surface area contributed by atoms with E-state index < -0.39 is 18.0 Å². The SMILES string of the molecule is CC(C)OCC(O)COc1ccc([C@@H](C)O)cc1F. The first-order valence-corrected chi connectivity index (χ1v) is 6.30. The van der Waals surface area contributed by atoms with Gasteiger partial charge in [-0.15, -0.1) is 0 Å². The zero-order valence-corrected chi connectivity index (χ0v) is 11.5. The highest BCUT2D eigenvalue weighted by Crippen LogP contribution is 2.22. The Kier molecular flexibility index (Phi) is 6.21. The van der Waals surface area contributed by atoms with Gasteiger partial charge in [0.2, 0.25) is 0 Å². The van der Waals surface area contributed by atoms with E-state index in [-0.39, 0.29) is 25.1 Å². The molecule has 0 saturated carbocycles. The third-order valence-electron chi connectivity index (χ3n) is 2.49. The van der Waals surface area contributed by atoms with E-state index in [0.717, 1.165) is 0 Å². The van der Waals surface area contributed by atoms with Gasteiger partial charge in [0.15, 0.2) is 11.6 Å². The fourth-order valence-electron chi connectivity index (χ4n) is 1.43. The van der Waals surface area contributed by atoms with Gasteiger partial charge in [0.25, 0.3) is 0 Å². The average molecular weight is 272 g/mol. The van der Waals surface area contributed by atoms with E-state index in [1.807, 2.05) is 13.8 Å². The van der Waals surface area contributed by atoms with Crippen molar-refractivity contribution in [2.24, 2.45) is 0 Å². The maximum atomic E-state index is 13.6. The Labute approximate surface area is 112 Å². The first-order valence-electron chi connectivity index (χ1n) is 6.30. The normalized spacial score (nSPS) is 14.5. The summed E-state index contributed by atoms with van der Waals surface area (Å²) in [4.78, 5) is 0. The third-order valence-corrected chi connectivity index (χ3v) is 2.49. The van der Waals surface area contributed by atoms with Crippen LogP contribution in [0.15, 0.2) is 18.2 Å². The summed E-state index contributed by atoms with van der Waals surface area (Å²) in [6.07, 6.45) is -1.51. The Hall–Kier alpha value is -1.17. The monoisotopic (exact) mass is 272 g/mol. The van der Waals surface area contributed by atoms with Crippen molar-refractivity contribution < 1.29 is 24.1 Å². The van der Waals surface area contributed by atoms with Gasteiger partial charge in [-0.2, -0.15) is 0 Å². The van der Waals surface area contributed by atoms with Crippen LogP contribution in [-0.4, -0.2) is 35.6 Å². The van der Waals surface area contributed by atoms with Gasteiger partial charge in [0, 0.05) is 0 Å². The van der Waals surface area contributed by atoms with Crippen molar-refractivity contribution in [1.29, 1.82) is 0 Å². The van der Waals surface area contributed by atoms with Crippen LogP contribution < -0.4 is 4.74 Å². The summed E-state index contributed by atoms with van der Waals surface area (Å²) in [6, 6.07) is 4.24. The standard InChI is InChI=1S/C14H21FO4/c1-9(2)18-7-12(17)8-19-14-5-4-11(10(3)16)6-13(14)15/h4-6,9-10,12,16-17H,7-8H2,1-3H3/t10-,12?/m1/s1. The number of hydrogen-bond acceptors (Lipinski definition) is 4. The molecule has 5 heteroatoms. The molecule has 1 aromatic carbocycles. The zero-order valence-electron chi connectivity index (χ0n) is 11.5. The number of ether oxygens (including phenoxy) is 2. The molecule has 1 aromatic rings. The molecule has 1 rings (SSSR count). The molecule has 0 aliphatic carbocycles. The molecule has 0 radical (unpaired) electrons. The number of benzene rings is 1. The van der Waals surface area contributed by atoms with E-state index in [4.69, 9.17) is 9.47 Å². The molecule has 1 unspecified atom stereocenters. The molecule has 0 heterocycles. The van der Waals surface area contributed by atoms with Crippen LogP contribution in [0.2, 0.25) is 0 Å². The van der Waals surface area contributed by atoms with E-state index in [1.54, 1.807) is 13.0 Å². The van der Waals surface area contributed by atoms with E-state index in [0.29, 0.717) is 5.56 Å². The van der Waals surface area contributed by atoms with E-state index in [9.17, 15) is 14.6 Å². The van der Waals surface area contributed by atoms with Crippen LogP contribution >= 0.6 is 0 Å². The van der Waals surface area contributed by atoms with Crippen LogP contribution in [0.4, 0.5) is 4.39 Å². The zero-order chi connectivity index (χ0) is 14.4. The van der Waals surface area contributed by atoms with Gasteiger partial charge in [-0.3, -0.25) is 0 Å². The van der Waals surface area contributed by atoms with Crippen molar-refractivity contribution in [2.45, 2.75) is 39.1 Å². The number of halogens is 1. The van der Waals surface area contributed by atoms with E-state index in [1.165, 1.54) is 12.1 Å². The van der Waals surface area contributed by atoms with Crippen LogP contribution in [0, 0.1) is 5.82 Å². The summed E-state index contributed by atoms with van der Waals surface area (Å²) in [5.41, 5.74) is 0.480. The molecule has 108 valence electrons. The fraction of sp³-hybridized carbons (Fsp3) is 0.571. The summed E-state index contributed by atoms with van der Waals surface area (Å²) in [5, 5.41) is 18.9. The van der Waals surface area contributed by atoms with E-state index >= 15 is 0 Å². The van der Waals surface area contributed by atoms with Gasteiger partial charge in [0.1, 0.15) is 12.7 Å². The molecule has 0 aromatic heterocycles. The van der Waals surface area contributed by atoms with Crippen LogP contribution in [0.1, 0.15) is 32.4 Å². The lowest BCUT2D eigenvalue weighted by Gasteiger charge is -2.15. The van der Waals surface area contributed by atoms with Crippen molar-refractivity contribution in [3.8, 4) is 5.75 Å². The molecule has 0 amide bonds. The first kappa shape index (κ1) is 15.9. The van der Waals surface area contributed by atoms with Crippen molar-refractivity contribution in [1.82, 2.24) is 0 Å². The van der Waals surface area contributed by atoms with Gasteiger partial charge in [-0.25, -0.2) is 4.39 Å². The maximum absolute atomic E-state index is 13.6. The van der Waals surface area contributed by atoms with Gasteiger partial charge < -0.3 is 19.7 Å². The molecule has 0 saturated heterocycles. The van der Waals surface area contributed by atoms with Crippen molar-refractivity contribution >= 4 is 0 Å². The van der Waals surface area contributed by atoms with Crippen LogP contribution in [0.5, 0.6) is 5.75 Å². The van der Waals surface area contributed by atoms with Crippen molar-refractivity contribution in [2.75, 3.05) is 13.2 Å². The molecule has 4 nitrogen and oxygen atoms in total. The minimum absolute atomic E-state index is 0.0247. The number of hydrogen-bond donors (Lipinski definition) is 2. The Morgan fingerprint density at radius 3 is 2.37 bits per heavy atom. The summed E-state index contributed by atoms with van der Waals surface area (Å²) in [5.74, 6) is -0.511. The largest absolute Gasteiger partial charge is 0.488 e. The number of aliphatic hydroxyl groups is 2. The molecule has 0 aliphatic rings. The number of aliphatic hydroxyl groups excluding tert-OH is 2. The lowest BCUT2D eigenvalue weighted by molar-refractivity contribution is -0.0127. The van der Waals surface area contributed by atoms with Crippen LogP contribution in [0.25, 0.3) is 0 Å². The highest BCUT2D eigenvalue weighted by Gasteiger charge is 2.11. The second-order valence-electron chi connectivity index (χ2n) is 4.71. The Balaban J connectivity index is 2.49. The quantitative estimate of drug-likeness (QED) is 0.797. The summed E-state index contributed by atoms with van der Waals surface area (Å²) < 4.78 is 24.0. The third kappa shape index (κ3) is 5.55. The van der Waals surface area contributed by atoms with Crippen molar-refractivity contribution in [3.05, 3.63) is 29.6 Å². The van der Waals surface area contributed by atoms with E-state index in [2.05, 4.69) is 0 Å². The molecule has 0 aliphatic heterocycles. The Morgan fingerprint density at radius 1 is 1.16 bits per heavy atom. The van der Waals surface area contributed by atoms with Crippen molar-refractivity contribution in [3.63, 3.8) is 0 Å². The lowest BCUT2D eigenvalue weighted by atomic mass is 10.1. The molecule has 0 fully saturated rings. The minimum Gasteiger partial charge on any atom is -0.488 e. The van der Waals surface area contributed by atoms with Gasteiger partial charge >= 0.3 is 0 Å². The van der Waals surface area contributed by atoms with Gasteiger partial charge in [-0.05, 0) is 38.5 Å². The summed E-state index contributed by atoms with van der Waals surface area (Å²) in [7, 11) is 0. The van der Waals surface area contributed by atoms with Crippen LogP contribution in [-0.2, 0) is 4.74 Å². The Morgan fingerprint density at radius 2 is 1.84 bits per heavy atom. The fourth-order valence-corrected chi connectivity index (χ4v) is 1.43. The molecule has 0 spiro atoms. The molecule has 2 atom stereocenters. The van der Waals surface area contributed by atoms with Crippen LogP contribution in [0.3, 0.4) is 0 Å². The molecule has 2 N–H and O–H groups in total. The first-order chi connectivity index (χ1) is 8.90. The highest BCUT2D eigenvalue weighted by atomic mass is 19.1. The molecule has 0 bridgehead atoms. The van der Waals surface area contributed by atoms with Gasteiger partial charge in [0.05, 0.1) is 18.8 Å². The molecule has 19 heavy (non-hydrogen) atoms. The highest BCUT2D eigenvalue weighted by molar-refractivity contribution is 5.30. The number of rotatable bonds is 7. The average Bonchev–Trinajstić information content (AvgIpc) is 2.34.